The van der Waals surface area contributed by atoms with Gasteiger partial charge in [0, 0.05) is 17.6 Å². The van der Waals surface area contributed by atoms with E-state index in [9.17, 15) is 14.0 Å². The maximum Gasteiger partial charge on any atom is 0.286 e. The number of amides is 1. The van der Waals surface area contributed by atoms with Gasteiger partial charge in [0.15, 0.2) is 5.69 Å². The Bertz CT molecular complexity index is 662. The normalized spacial score (nSPS) is 10.3. The summed E-state index contributed by atoms with van der Waals surface area (Å²) in [5.41, 5.74) is 5.07. The summed E-state index contributed by atoms with van der Waals surface area (Å²) in [6.07, 6.45) is 1.37. The van der Waals surface area contributed by atoms with E-state index in [1.165, 1.54) is 35.0 Å². The van der Waals surface area contributed by atoms with E-state index in [4.69, 9.17) is 5.73 Å². The quantitative estimate of drug-likeness (QED) is 0.851. The van der Waals surface area contributed by atoms with Gasteiger partial charge in [-0.25, -0.2) is 9.37 Å². The molecule has 0 saturated heterocycles. The average molecular weight is 247 g/mol. The fourth-order valence-electron chi connectivity index (χ4n) is 1.62. The predicted molar refractivity (Wildman–Crippen MR) is 63.0 cm³/mol. The minimum atomic E-state index is -0.893. The molecule has 0 saturated carbocycles. The molecule has 1 aromatic carbocycles. The van der Waals surface area contributed by atoms with E-state index in [0.717, 1.165) is 0 Å². The van der Waals surface area contributed by atoms with Gasteiger partial charge in [-0.05, 0) is 31.2 Å². The summed E-state index contributed by atoms with van der Waals surface area (Å²) in [5, 5.41) is 0. The number of hydrogen-bond acceptors (Lipinski definition) is 3. The van der Waals surface area contributed by atoms with Crippen molar-refractivity contribution in [1.82, 2.24) is 9.55 Å². The number of carbonyl (C=O) groups is 1. The highest BCUT2D eigenvalue weighted by molar-refractivity contribution is 5.90. The minimum absolute atomic E-state index is 0.343. The van der Waals surface area contributed by atoms with Crippen LogP contribution in [0.1, 0.15) is 16.2 Å². The van der Waals surface area contributed by atoms with Gasteiger partial charge < -0.3 is 5.73 Å². The molecule has 6 heteroatoms. The maximum absolute atomic E-state index is 12.8. The van der Waals surface area contributed by atoms with Crippen molar-refractivity contribution in [2.75, 3.05) is 0 Å². The molecule has 1 heterocycles. The summed E-state index contributed by atoms with van der Waals surface area (Å²) in [4.78, 5) is 26.8. The summed E-state index contributed by atoms with van der Waals surface area (Å²) >= 11 is 0. The van der Waals surface area contributed by atoms with Crippen molar-refractivity contribution in [3.05, 3.63) is 58.0 Å². The lowest BCUT2D eigenvalue weighted by molar-refractivity contribution is 0.0993. The van der Waals surface area contributed by atoms with Gasteiger partial charge >= 0.3 is 0 Å². The zero-order valence-electron chi connectivity index (χ0n) is 9.55. The molecule has 0 bridgehead atoms. The predicted octanol–water partition coefficient (Wildman–Crippen LogP) is 0.779. The molecule has 0 atom stereocenters. The second-order valence-corrected chi connectivity index (χ2v) is 3.73. The Labute approximate surface area is 102 Å². The Morgan fingerprint density at radius 3 is 2.50 bits per heavy atom. The molecule has 0 aliphatic rings. The van der Waals surface area contributed by atoms with Crippen molar-refractivity contribution in [2.24, 2.45) is 5.73 Å². The molecule has 0 fully saturated rings. The highest BCUT2D eigenvalue weighted by Crippen LogP contribution is 2.09. The van der Waals surface area contributed by atoms with Gasteiger partial charge in [-0.15, -0.1) is 0 Å². The lowest BCUT2D eigenvalue weighted by Gasteiger charge is -2.10. The lowest BCUT2D eigenvalue weighted by Crippen LogP contribution is -2.31. The van der Waals surface area contributed by atoms with Crippen molar-refractivity contribution in [1.29, 1.82) is 0 Å². The van der Waals surface area contributed by atoms with Crippen LogP contribution in [0.3, 0.4) is 0 Å². The molecule has 92 valence electrons. The number of primary amides is 1. The second kappa shape index (κ2) is 4.40. The molecule has 1 aromatic heterocycles. The third-order valence-corrected chi connectivity index (χ3v) is 2.46. The first-order chi connectivity index (χ1) is 8.50. The van der Waals surface area contributed by atoms with E-state index in [-0.39, 0.29) is 5.69 Å². The van der Waals surface area contributed by atoms with Gasteiger partial charge in [-0.2, -0.15) is 0 Å². The van der Waals surface area contributed by atoms with E-state index in [1.807, 2.05) is 0 Å². The van der Waals surface area contributed by atoms with E-state index >= 15 is 0 Å². The minimum Gasteiger partial charge on any atom is -0.364 e. The second-order valence-electron chi connectivity index (χ2n) is 3.73. The van der Waals surface area contributed by atoms with Crippen LogP contribution in [0.4, 0.5) is 4.39 Å². The monoisotopic (exact) mass is 247 g/mol. The summed E-state index contributed by atoms with van der Waals surface area (Å²) in [5.74, 6) is -1.30. The number of halogens is 1. The van der Waals surface area contributed by atoms with Crippen LogP contribution < -0.4 is 11.3 Å². The molecule has 0 unspecified atom stereocenters. The van der Waals surface area contributed by atoms with Crippen LogP contribution in [0.5, 0.6) is 0 Å². The summed E-state index contributed by atoms with van der Waals surface area (Å²) in [6, 6.07) is 5.33. The lowest BCUT2D eigenvalue weighted by atomic mass is 10.2. The van der Waals surface area contributed by atoms with Gasteiger partial charge in [0.2, 0.25) is 0 Å². The SMILES string of the molecule is Cc1cnc(C(N)=O)c(=O)n1-c1ccc(F)cc1. The highest BCUT2D eigenvalue weighted by Gasteiger charge is 2.13. The number of rotatable bonds is 2. The van der Waals surface area contributed by atoms with Crippen LogP contribution in [0, 0.1) is 12.7 Å². The average Bonchev–Trinajstić information content (AvgIpc) is 2.31. The van der Waals surface area contributed by atoms with Crippen LogP contribution in [0.25, 0.3) is 5.69 Å². The molecule has 0 radical (unpaired) electrons. The molecule has 2 N–H and O–H groups in total. The number of nitrogens with zero attached hydrogens (tertiary/aromatic N) is 2. The van der Waals surface area contributed by atoms with Gasteiger partial charge in [0.25, 0.3) is 11.5 Å². The number of carbonyl (C=O) groups excluding carboxylic acids is 1. The third-order valence-electron chi connectivity index (χ3n) is 2.46. The van der Waals surface area contributed by atoms with Crippen molar-refractivity contribution in [2.45, 2.75) is 6.92 Å². The molecular formula is C12H10FN3O2. The van der Waals surface area contributed by atoms with Gasteiger partial charge in [0.05, 0.1) is 0 Å². The highest BCUT2D eigenvalue weighted by atomic mass is 19.1. The Kier molecular flexibility index (Phi) is 2.93. The first-order valence-electron chi connectivity index (χ1n) is 5.15. The summed E-state index contributed by atoms with van der Waals surface area (Å²) in [6.45, 7) is 1.66. The summed E-state index contributed by atoms with van der Waals surface area (Å²) < 4.78 is 14.1. The molecule has 2 aromatic rings. The first-order valence-corrected chi connectivity index (χ1v) is 5.15. The largest absolute Gasteiger partial charge is 0.364 e. The van der Waals surface area contributed by atoms with E-state index in [2.05, 4.69) is 4.98 Å². The molecule has 2 rings (SSSR count). The van der Waals surface area contributed by atoms with E-state index in [1.54, 1.807) is 6.92 Å². The van der Waals surface area contributed by atoms with Crippen LogP contribution in [-0.2, 0) is 0 Å². The Hall–Kier alpha value is -2.50. The number of hydrogen-bond donors (Lipinski definition) is 1. The van der Waals surface area contributed by atoms with Crippen LogP contribution >= 0.6 is 0 Å². The first kappa shape index (κ1) is 12.0. The van der Waals surface area contributed by atoms with Crippen molar-refractivity contribution < 1.29 is 9.18 Å². The fraction of sp³-hybridized carbons (Fsp3) is 0.0833. The van der Waals surface area contributed by atoms with Crippen LogP contribution in [-0.4, -0.2) is 15.5 Å². The Balaban J connectivity index is 2.71. The Morgan fingerprint density at radius 1 is 1.33 bits per heavy atom. The van der Waals surface area contributed by atoms with Crippen LogP contribution in [0.2, 0.25) is 0 Å². The smallest absolute Gasteiger partial charge is 0.286 e. The molecule has 0 aliphatic heterocycles. The van der Waals surface area contributed by atoms with E-state index in [0.29, 0.717) is 11.4 Å². The summed E-state index contributed by atoms with van der Waals surface area (Å²) in [7, 11) is 0. The van der Waals surface area contributed by atoms with Gasteiger partial charge in [-0.1, -0.05) is 0 Å². The van der Waals surface area contributed by atoms with Crippen molar-refractivity contribution in [3.8, 4) is 5.69 Å². The van der Waals surface area contributed by atoms with Gasteiger partial charge in [0.1, 0.15) is 5.82 Å². The van der Waals surface area contributed by atoms with E-state index < -0.39 is 17.3 Å². The fourth-order valence-corrected chi connectivity index (χ4v) is 1.62. The molecule has 18 heavy (non-hydrogen) atoms. The number of aromatic nitrogens is 2. The molecule has 0 aliphatic carbocycles. The van der Waals surface area contributed by atoms with Crippen molar-refractivity contribution in [3.63, 3.8) is 0 Å². The third kappa shape index (κ3) is 2.00. The van der Waals surface area contributed by atoms with Crippen molar-refractivity contribution >= 4 is 5.91 Å². The molecule has 5 nitrogen and oxygen atoms in total. The number of aryl methyl sites for hydroxylation is 1. The standard InChI is InChI=1S/C12H10FN3O2/c1-7-6-15-10(11(14)17)12(18)16(7)9-4-2-8(13)3-5-9/h2-6H,1H3,(H2,14,17). The Morgan fingerprint density at radius 2 is 1.94 bits per heavy atom. The zero-order chi connectivity index (χ0) is 13.3. The topological polar surface area (TPSA) is 78.0 Å². The van der Waals surface area contributed by atoms with Crippen LogP contribution in [0.15, 0.2) is 35.3 Å². The zero-order valence-corrected chi connectivity index (χ0v) is 9.55. The van der Waals surface area contributed by atoms with Gasteiger partial charge in [-0.3, -0.25) is 14.2 Å². The molecular weight excluding hydrogens is 237 g/mol. The maximum atomic E-state index is 12.8. The molecule has 1 amide bonds. The number of benzene rings is 1. The molecule has 0 spiro atoms. The number of nitrogens with two attached hydrogens (primary N) is 1.